The molecule has 2 N–H and O–H groups in total. The van der Waals surface area contributed by atoms with Crippen molar-refractivity contribution < 1.29 is 4.52 Å². The van der Waals surface area contributed by atoms with Crippen molar-refractivity contribution in [2.24, 2.45) is 5.73 Å². The first kappa shape index (κ1) is 12.1. The first-order chi connectivity index (χ1) is 7.08. The van der Waals surface area contributed by atoms with Gasteiger partial charge in [-0.25, -0.2) is 0 Å². The molecule has 1 atom stereocenters. The van der Waals surface area contributed by atoms with Crippen molar-refractivity contribution >= 4 is 0 Å². The van der Waals surface area contributed by atoms with Gasteiger partial charge < -0.3 is 15.2 Å². The quantitative estimate of drug-likeness (QED) is 0.755. The first-order valence-corrected chi connectivity index (χ1v) is 5.29. The Labute approximate surface area is 90.6 Å². The zero-order valence-electron chi connectivity index (χ0n) is 9.73. The molecule has 5 heteroatoms. The molecule has 0 saturated heterocycles. The molecule has 0 radical (unpaired) electrons. The molecule has 0 aromatic carbocycles. The fourth-order valence-electron chi connectivity index (χ4n) is 1.31. The van der Waals surface area contributed by atoms with E-state index in [0.717, 1.165) is 31.6 Å². The van der Waals surface area contributed by atoms with Gasteiger partial charge in [0, 0.05) is 12.5 Å². The summed E-state index contributed by atoms with van der Waals surface area (Å²) in [7, 11) is 3.96. The van der Waals surface area contributed by atoms with Gasteiger partial charge in [0.1, 0.15) is 0 Å². The average molecular weight is 212 g/mol. The van der Waals surface area contributed by atoms with E-state index < -0.39 is 0 Å². The van der Waals surface area contributed by atoms with Gasteiger partial charge >= 0.3 is 0 Å². The van der Waals surface area contributed by atoms with Crippen molar-refractivity contribution in [1.82, 2.24) is 15.0 Å². The van der Waals surface area contributed by atoms with E-state index in [9.17, 15) is 0 Å². The van der Waals surface area contributed by atoms with Gasteiger partial charge in [0.25, 0.3) is 0 Å². The maximum absolute atomic E-state index is 5.65. The van der Waals surface area contributed by atoms with Crippen LogP contribution >= 0.6 is 0 Å². The maximum atomic E-state index is 5.65. The van der Waals surface area contributed by atoms with Crippen molar-refractivity contribution in [3.8, 4) is 0 Å². The van der Waals surface area contributed by atoms with Crippen molar-refractivity contribution in [3.05, 3.63) is 11.7 Å². The fraction of sp³-hybridized carbons (Fsp3) is 0.800. The summed E-state index contributed by atoms with van der Waals surface area (Å²) in [5.41, 5.74) is 5.65. The highest BCUT2D eigenvalue weighted by molar-refractivity contribution is 4.86. The summed E-state index contributed by atoms with van der Waals surface area (Å²) in [4.78, 5) is 6.30. The minimum Gasteiger partial charge on any atom is -0.339 e. The molecule has 1 aromatic heterocycles. The number of aromatic nitrogens is 2. The molecule has 0 spiro atoms. The molecule has 0 bridgehead atoms. The van der Waals surface area contributed by atoms with E-state index in [1.165, 1.54) is 0 Å². The molecule has 0 amide bonds. The van der Waals surface area contributed by atoms with E-state index in [1.807, 2.05) is 25.9 Å². The second-order valence-corrected chi connectivity index (χ2v) is 4.21. The Morgan fingerprint density at radius 1 is 1.47 bits per heavy atom. The highest BCUT2D eigenvalue weighted by atomic mass is 16.5. The normalized spacial score (nSPS) is 13.4. The van der Waals surface area contributed by atoms with Crippen LogP contribution in [0.5, 0.6) is 0 Å². The van der Waals surface area contributed by atoms with Crippen molar-refractivity contribution in [2.45, 2.75) is 38.8 Å². The monoisotopic (exact) mass is 212 g/mol. The van der Waals surface area contributed by atoms with E-state index in [-0.39, 0.29) is 6.04 Å². The molecule has 0 aliphatic rings. The summed E-state index contributed by atoms with van der Waals surface area (Å²) in [5, 5.41) is 3.90. The Hall–Kier alpha value is -0.940. The SMILES string of the molecule is CC(N)CCCc1nc(CN(C)C)no1. The van der Waals surface area contributed by atoms with Crippen LogP contribution in [0.15, 0.2) is 4.52 Å². The molecule has 0 aliphatic heterocycles. The lowest BCUT2D eigenvalue weighted by Crippen LogP contribution is -2.14. The smallest absolute Gasteiger partial charge is 0.226 e. The molecular formula is C10H20N4O. The summed E-state index contributed by atoms with van der Waals surface area (Å²) in [6, 6.07) is 0.245. The number of hydrogen-bond donors (Lipinski definition) is 1. The highest BCUT2D eigenvalue weighted by Gasteiger charge is 2.06. The third-order valence-corrected chi connectivity index (χ3v) is 2.02. The van der Waals surface area contributed by atoms with Crippen LogP contribution in [-0.4, -0.2) is 35.2 Å². The van der Waals surface area contributed by atoms with Crippen LogP contribution in [0.4, 0.5) is 0 Å². The third kappa shape index (κ3) is 4.90. The Bertz CT molecular complexity index is 283. The average Bonchev–Trinajstić information content (AvgIpc) is 2.50. The molecule has 86 valence electrons. The lowest BCUT2D eigenvalue weighted by atomic mass is 10.1. The summed E-state index contributed by atoms with van der Waals surface area (Å²) in [5.74, 6) is 1.46. The number of nitrogens with two attached hydrogens (primary N) is 1. The van der Waals surface area contributed by atoms with Gasteiger partial charge in [-0.15, -0.1) is 0 Å². The van der Waals surface area contributed by atoms with Crippen LogP contribution in [0, 0.1) is 0 Å². The van der Waals surface area contributed by atoms with E-state index in [1.54, 1.807) is 0 Å². The van der Waals surface area contributed by atoms with Gasteiger partial charge in [-0.3, -0.25) is 0 Å². The van der Waals surface area contributed by atoms with Crippen LogP contribution in [0.3, 0.4) is 0 Å². The molecule has 0 aliphatic carbocycles. The molecular weight excluding hydrogens is 192 g/mol. The zero-order valence-corrected chi connectivity index (χ0v) is 9.73. The van der Waals surface area contributed by atoms with Gasteiger partial charge in [-0.05, 0) is 33.9 Å². The van der Waals surface area contributed by atoms with Crippen LogP contribution in [0.25, 0.3) is 0 Å². The standard InChI is InChI=1S/C10H20N4O/c1-8(11)5-4-6-10-12-9(13-15-10)7-14(2)3/h8H,4-7,11H2,1-3H3. The molecule has 1 rings (SSSR count). The summed E-state index contributed by atoms with van der Waals surface area (Å²) >= 11 is 0. The van der Waals surface area contributed by atoms with Crippen molar-refractivity contribution in [3.63, 3.8) is 0 Å². The molecule has 1 heterocycles. The van der Waals surface area contributed by atoms with Crippen molar-refractivity contribution in [2.75, 3.05) is 14.1 Å². The van der Waals surface area contributed by atoms with Crippen LogP contribution in [0.1, 0.15) is 31.5 Å². The van der Waals surface area contributed by atoms with Gasteiger partial charge in [-0.2, -0.15) is 4.98 Å². The Morgan fingerprint density at radius 3 is 2.80 bits per heavy atom. The van der Waals surface area contributed by atoms with Crippen LogP contribution in [-0.2, 0) is 13.0 Å². The molecule has 1 aromatic rings. The molecule has 1 unspecified atom stereocenters. The number of aryl methyl sites for hydroxylation is 1. The van der Waals surface area contributed by atoms with Gasteiger partial charge in [-0.1, -0.05) is 5.16 Å². The Kier molecular flexibility index (Phi) is 4.71. The summed E-state index contributed by atoms with van der Waals surface area (Å²) in [6.45, 7) is 2.72. The number of rotatable bonds is 6. The molecule has 15 heavy (non-hydrogen) atoms. The second-order valence-electron chi connectivity index (χ2n) is 4.21. The lowest BCUT2D eigenvalue weighted by Gasteiger charge is -2.03. The largest absolute Gasteiger partial charge is 0.339 e. The van der Waals surface area contributed by atoms with Crippen LogP contribution in [0.2, 0.25) is 0 Å². The summed E-state index contributed by atoms with van der Waals surface area (Å²) < 4.78 is 5.12. The van der Waals surface area contributed by atoms with E-state index in [4.69, 9.17) is 10.3 Å². The minimum absolute atomic E-state index is 0.245. The first-order valence-electron chi connectivity index (χ1n) is 5.29. The highest BCUT2D eigenvalue weighted by Crippen LogP contribution is 2.05. The van der Waals surface area contributed by atoms with E-state index in [0.29, 0.717) is 5.89 Å². The summed E-state index contributed by atoms with van der Waals surface area (Å²) in [6.07, 6.45) is 2.81. The Balaban J connectivity index is 2.33. The second kappa shape index (κ2) is 5.82. The topological polar surface area (TPSA) is 68.2 Å². The van der Waals surface area contributed by atoms with E-state index >= 15 is 0 Å². The predicted octanol–water partition coefficient (Wildman–Crippen LogP) is 0.801. The number of hydrogen-bond acceptors (Lipinski definition) is 5. The minimum atomic E-state index is 0.245. The molecule has 5 nitrogen and oxygen atoms in total. The molecule has 0 fully saturated rings. The van der Waals surface area contributed by atoms with Gasteiger partial charge in [0.15, 0.2) is 5.82 Å². The Morgan fingerprint density at radius 2 is 2.20 bits per heavy atom. The van der Waals surface area contributed by atoms with Crippen molar-refractivity contribution in [1.29, 1.82) is 0 Å². The van der Waals surface area contributed by atoms with Gasteiger partial charge in [0.2, 0.25) is 5.89 Å². The number of nitrogens with zero attached hydrogens (tertiary/aromatic N) is 3. The van der Waals surface area contributed by atoms with E-state index in [2.05, 4.69) is 10.1 Å². The van der Waals surface area contributed by atoms with Crippen LogP contribution < -0.4 is 5.73 Å². The predicted molar refractivity (Wildman–Crippen MR) is 58.3 cm³/mol. The maximum Gasteiger partial charge on any atom is 0.226 e. The molecule has 0 saturated carbocycles. The fourth-order valence-corrected chi connectivity index (χ4v) is 1.31. The zero-order chi connectivity index (χ0) is 11.3. The van der Waals surface area contributed by atoms with Gasteiger partial charge in [0.05, 0.1) is 6.54 Å². The third-order valence-electron chi connectivity index (χ3n) is 2.02. The lowest BCUT2D eigenvalue weighted by molar-refractivity contribution is 0.346.